The number of hydrogen-bond donors (Lipinski definition) is 1. The first kappa shape index (κ1) is 13.7. The van der Waals surface area contributed by atoms with E-state index in [0.29, 0.717) is 0 Å². The van der Waals surface area contributed by atoms with E-state index in [4.69, 9.17) is 9.90 Å². The van der Waals surface area contributed by atoms with Crippen molar-refractivity contribution in [2.75, 3.05) is 0 Å². The highest BCUT2D eigenvalue weighted by atomic mass is 16.3. The summed E-state index contributed by atoms with van der Waals surface area (Å²) in [5, 5.41) is 6.89. The molecule has 0 aromatic heterocycles. The molecule has 0 fully saturated rings. The second-order valence-electron chi connectivity index (χ2n) is 1.72. The van der Waals surface area contributed by atoms with E-state index >= 15 is 0 Å². The van der Waals surface area contributed by atoms with Gasteiger partial charge in [-0.1, -0.05) is 43.0 Å². The predicted octanol–water partition coefficient (Wildman–Crippen LogP) is 2.83. The Morgan fingerprint density at radius 2 is 1.54 bits per heavy atom. The van der Waals surface area contributed by atoms with Crippen LogP contribution >= 0.6 is 0 Å². The van der Waals surface area contributed by atoms with Gasteiger partial charge in [0.1, 0.15) is 0 Å². The molecule has 2 nitrogen and oxygen atoms in total. The molecule has 1 N–H and O–H groups in total. The normalized spacial score (nSPS) is 6.46. The van der Waals surface area contributed by atoms with Crippen molar-refractivity contribution in [3.05, 3.63) is 55.6 Å². The van der Waals surface area contributed by atoms with Crippen LogP contribution in [-0.2, 0) is 4.79 Å². The molecule has 1 aromatic carbocycles. The van der Waals surface area contributed by atoms with Gasteiger partial charge in [0.25, 0.3) is 6.47 Å². The quantitative estimate of drug-likeness (QED) is 0.530. The zero-order valence-electron chi connectivity index (χ0n) is 7.52. The Hall–Kier alpha value is -1.83. The first-order valence-electron chi connectivity index (χ1n) is 3.60. The summed E-state index contributed by atoms with van der Waals surface area (Å²) < 4.78 is 0. The summed E-state index contributed by atoms with van der Waals surface area (Å²) in [5.41, 5.74) is 1.17. The van der Waals surface area contributed by atoms with Gasteiger partial charge in [0.05, 0.1) is 0 Å². The summed E-state index contributed by atoms with van der Waals surface area (Å²) in [5.74, 6) is 0. The molecule has 0 aliphatic rings. The molecule has 0 unspecified atom stereocenters. The van der Waals surface area contributed by atoms with Crippen LogP contribution in [0.3, 0.4) is 0 Å². The van der Waals surface area contributed by atoms with E-state index in [9.17, 15) is 0 Å². The first-order valence-corrected chi connectivity index (χ1v) is 3.60. The lowest BCUT2D eigenvalue weighted by Crippen LogP contribution is -1.63. The monoisotopic (exact) mass is 178 g/mol. The maximum absolute atomic E-state index is 8.36. The Morgan fingerprint density at radius 1 is 1.15 bits per heavy atom. The molecule has 0 aliphatic carbocycles. The second kappa shape index (κ2) is 12.8. The van der Waals surface area contributed by atoms with Crippen LogP contribution in [0.15, 0.2) is 50.1 Å². The molecule has 0 spiro atoms. The van der Waals surface area contributed by atoms with Crippen LogP contribution < -0.4 is 0 Å². The fourth-order valence-corrected chi connectivity index (χ4v) is 0.589. The molecule has 0 heterocycles. The van der Waals surface area contributed by atoms with E-state index in [2.05, 4.69) is 19.7 Å². The van der Waals surface area contributed by atoms with Crippen LogP contribution in [0.4, 0.5) is 0 Å². The van der Waals surface area contributed by atoms with Crippen molar-refractivity contribution in [1.29, 1.82) is 0 Å². The third kappa shape index (κ3) is 10.2. The van der Waals surface area contributed by atoms with Crippen LogP contribution in [0.25, 0.3) is 6.08 Å². The molecule has 0 aliphatic heterocycles. The molecule has 1 aromatic rings. The van der Waals surface area contributed by atoms with Crippen LogP contribution in [0, 0.1) is 0 Å². The molecule has 70 valence electrons. The van der Waals surface area contributed by atoms with Gasteiger partial charge in [-0.05, 0) is 5.56 Å². The minimum atomic E-state index is -0.250. The van der Waals surface area contributed by atoms with E-state index in [0.717, 1.165) is 0 Å². The highest BCUT2D eigenvalue weighted by Crippen LogP contribution is 1.97. The molecular weight excluding hydrogens is 164 g/mol. The van der Waals surface area contributed by atoms with Crippen molar-refractivity contribution < 1.29 is 9.90 Å². The van der Waals surface area contributed by atoms with E-state index in [1.54, 1.807) is 0 Å². The average molecular weight is 178 g/mol. The molecule has 0 radical (unpaired) electrons. The molecule has 0 atom stereocenters. The van der Waals surface area contributed by atoms with Crippen LogP contribution in [0.5, 0.6) is 0 Å². The Bertz CT molecular complexity index is 217. The number of benzene rings is 1. The van der Waals surface area contributed by atoms with Crippen molar-refractivity contribution in [2.24, 2.45) is 0 Å². The Kier molecular flexibility index (Phi) is 13.5. The van der Waals surface area contributed by atoms with Gasteiger partial charge in [-0.3, -0.25) is 4.79 Å². The summed E-state index contributed by atoms with van der Waals surface area (Å²) in [6.07, 6.45) is 1.83. The molecule has 0 bridgehead atoms. The van der Waals surface area contributed by atoms with Crippen LogP contribution in [0.2, 0.25) is 0 Å². The maximum Gasteiger partial charge on any atom is 0.290 e. The van der Waals surface area contributed by atoms with Crippen molar-refractivity contribution in [1.82, 2.24) is 0 Å². The molecule has 2 heteroatoms. The van der Waals surface area contributed by atoms with E-state index < -0.39 is 0 Å². The highest BCUT2D eigenvalue weighted by molar-refractivity contribution is 5.45. The van der Waals surface area contributed by atoms with E-state index in [1.165, 1.54) is 5.56 Å². The van der Waals surface area contributed by atoms with Crippen molar-refractivity contribution in [2.45, 2.75) is 0 Å². The molecule has 1 rings (SSSR count). The van der Waals surface area contributed by atoms with Gasteiger partial charge >= 0.3 is 0 Å². The topological polar surface area (TPSA) is 37.3 Å². The third-order valence-electron chi connectivity index (χ3n) is 1.04. The number of carbonyl (C=O) groups is 1. The minimum Gasteiger partial charge on any atom is -0.483 e. The number of rotatable bonds is 1. The molecule has 0 amide bonds. The standard InChI is InChI=1S/C8H8.C2H4.CH2O2/c1-2-8-6-4-3-5-7-8;1-2;2-1-3/h2-7H,1H2;1-2H2;1H,(H,2,3). The number of hydrogen-bond acceptors (Lipinski definition) is 1. The lowest BCUT2D eigenvalue weighted by molar-refractivity contribution is -0.122. The average Bonchev–Trinajstić information content (AvgIpc) is 2.23. The van der Waals surface area contributed by atoms with Gasteiger partial charge in [-0.25, -0.2) is 0 Å². The maximum atomic E-state index is 8.36. The highest BCUT2D eigenvalue weighted by Gasteiger charge is 1.75. The molecule has 13 heavy (non-hydrogen) atoms. The Labute approximate surface area is 78.8 Å². The summed E-state index contributed by atoms with van der Waals surface area (Å²) in [6.45, 7) is 9.38. The largest absolute Gasteiger partial charge is 0.483 e. The second-order valence-corrected chi connectivity index (χ2v) is 1.72. The van der Waals surface area contributed by atoms with Gasteiger partial charge in [-0.2, -0.15) is 0 Å². The Morgan fingerprint density at radius 3 is 1.77 bits per heavy atom. The van der Waals surface area contributed by atoms with Gasteiger partial charge in [0.15, 0.2) is 0 Å². The zero-order chi connectivity index (χ0) is 10.5. The van der Waals surface area contributed by atoms with Gasteiger partial charge < -0.3 is 5.11 Å². The van der Waals surface area contributed by atoms with Crippen molar-refractivity contribution >= 4 is 12.5 Å². The SMILES string of the molecule is C=C.C=Cc1ccccc1.O=CO. The van der Waals surface area contributed by atoms with Gasteiger partial charge in [0.2, 0.25) is 0 Å². The van der Waals surface area contributed by atoms with Gasteiger partial charge in [-0.15, -0.1) is 13.2 Å². The summed E-state index contributed by atoms with van der Waals surface area (Å²) in [4.78, 5) is 8.36. The lowest BCUT2D eigenvalue weighted by Gasteiger charge is -1.85. The molecular formula is C11H14O2. The van der Waals surface area contributed by atoms with Gasteiger partial charge in [0, 0.05) is 0 Å². The van der Waals surface area contributed by atoms with Crippen molar-refractivity contribution in [3.8, 4) is 0 Å². The van der Waals surface area contributed by atoms with Crippen molar-refractivity contribution in [3.63, 3.8) is 0 Å². The third-order valence-corrected chi connectivity index (χ3v) is 1.04. The zero-order valence-corrected chi connectivity index (χ0v) is 7.52. The fourth-order valence-electron chi connectivity index (χ4n) is 0.589. The van der Waals surface area contributed by atoms with E-state index in [-0.39, 0.29) is 6.47 Å². The lowest BCUT2D eigenvalue weighted by atomic mass is 10.2. The molecule has 0 saturated heterocycles. The first-order chi connectivity index (χ1) is 6.35. The number of carboxylic acid groups (broad SMARTS) is 1. The fraction of sp³-hybridized carbons (Fsp3) is 0. The molecule has 0 saturated carbocycles. The van der Waals surface area contributed by atoms with E-state index in [1.807, 2.05) is 36.4 Å². The summed E-state index contributed by atoms with van der Waals surface area (Å²) in [6, 6.07) is 10.0. The summed E-state index contributed by atoms with van der Waals surface area (Å²) in [7, 11) is 0. The Balaban J connectivity index is 0. The summed E-state index contributed by atoms with van der Waals surface area (Å²) >= 11 is 0. The minimum absolute atomic E-state index is 0.250. The van der Waals surface area contributed by atoms with Crippen LogP contribution in [-0.4, -0.2) is 11.6 Å². The van der Waals surface area contributed by atoms with Crippen LogP contribution in [0.1, 0.15) is 5.56 Å². The predicted molar refractivity (Wildman–Crippen MR) is 56.5 cm³/mol. The smallest absolute Gasteiger partial charge is 0.290 e.